The molecule has 0 aliphatic heterocycles. The van der Waals surface area contributed by atoms with Gasteiger partial charge in [-0.15, -0.1) is 34.0 Å². The molecule has 0 atom stereocenters. The van der Waals surface area contributed by atoms with Crippen molar-refractivity contribution < 1.29 is 85.5 Å². The molecule has 3 aromatic heterocycles. The number of nitrogens with two attached hydrogens (primary N) is 3. The van der Waals surface area contributed by atoms with E-state index in [4.69, 9.17) is 15.3 Å². The molecular formula is C27H52F12N4O3S3Si2. The third-order valence-corrected chi connectivity index (χ3v) is 8.29. The Balaban J connectivity index is -0.000000952. The standard InChI is InChI=1S/C24H36N4S3.3CH4O.2F6Si/c1-7-22(29-16-1)19-25-10-4-13-28(14-5-11-26-20-23-8-2-17-30-23)15-6-12-27-21-24-9-3-18-31-24;3*1-2;2*1-7(2,3,4,5)6/h1-3,7-9,16-18,25-27H,4-6,10-15,19-21H2;3*2H,1H3;;/q;;;;2*-2/p+4. The first-order valence-electron chi connectivity index (χ1n) is 15.4. The van der Waals surface area contributed by atoms with Crippen LogP contribution in [0.5, 0.6) is 0 Å². The molecular weight excluding hydrogens is 809 g/mol. The summed E-state index contributed by atoms with van der Waals surface area (Å²) in [5.74, 6) is 0. The number of aliphatic hydroxyl groups is 3. The molecule has 24 heteroatoms. The summed E-state index contributed by atoms with van der Waals surface area (Å²) in [5.41, 5.74) is 0. The zero-order valence-corrected chi connectivity index (χ0v) is 33.0. The Morgan fingerprint density at radius 3 is 0.863 bits per heavy atom. The third kappa shape index (κ3) is 55.3. The van der Waals surface area contributed by atoms with E-state index >= 15 is 0 Å². The summed E-state index contributed by atoms with van der Waals surface area (Å²) in [6.07, 6.45) is 3.95. The number of hydrogen-bond donors (Lipinski definition) is 7. The predicted octanol–water partition coefficient (Wildman–Crippen LogP) is 3.62. The van der Waals surface area contributed by atoms with Crippen LogP contribution in [0.4, 0.5) is 49.3 Å². The van der Waals surface area contributed by atoms with Gasteiger partial charge < -0.3 is 36.2 Å². The van der Waals surface area contributed by atoms with Gasteiger partial charge in [-0.1, -0.05) is 18.2 Å². The molecule has 0 radical (unpaired) electrons. The largest absolute Gasteiger partial charge is 0.342 e. The van der Waals surface area contributed by atoms with Gasteiger partial charge in [-0.05, 0) is 34.3 Å². The van der Waals surface area contributed by atoms with Gasteiger partial charge in [0.25, 0.3) is 0 Å². The SMILES string of the molecule is CO.CO.CO.F[Si-2](F)(F)(F)(F)F.F[Si-2](F)(F)(F)(F)F.c1csc(C[NH2+]CCC[NH+](CCC[NH2+]Cc2cccs2)CCC[NH2+]Cc2cccs2)c1. The van der Waals surface area contributed by atoms with E-state index in [1.54, 1.807) is 4.90 Å². The smallest absolute Gasteiger partial charge is 0.111 e. The number of hydrogen-bond acceptors (Lipinski definition) is 6. The Morgan fingerprint density at radius 2 is 0.686 bits per heavy atom. The molecule has 0 unspecified atom stereocenters. The molecule has 308 valence electrons. The molecule has 0 saturated heterocycles. The number of thiophene rings is 3. The van der Waals surface area contributed by atoms with Gasteiger partial charge in [0, 0.05) is 40.6 Å². The molecule has 3 aromatic rings. The third-order valence-electron chi connectivity index (χ3n) is 5.59. The maximum atomic E-state index is 9.88. The van der Waals surface area contributed by atoms with Crippen LogP contribution in [0.3, 0.4) is 0 Å². The van der Waals surface area contributed by atoms with E-state index in [9.17, 15) is 49.3 Å². The van der Waals surface area contributed by atoms with Crippen molar-refractivity contribution in [1.82, 2.24) is 0 Å². The number of rotatable bonds is 18. The zero-order chi connectivity index (χ0) is 40.2. The van der Waals surface area contributed by atoms with Crippen LogP contribution in [-0.2, 0) is 19.6 Å². The zero-order valence-electron chi connectivity index (χ0n) is 28.5. The van der Waals surface area contributed by atoms with Crippen molar-refractivity contribution in [3.63, 3.8) is 0 Å². The van der Waals surface area contributed by atoms with Gasteiger partial charge in [0.1, 0.15) is 19.6 Å². The van der Waals surface area contributed by atoms with E-state index in [-0.39, 0.29) is 0 Å². The Kier molecular flexibility index (Phi) is 25.2. The Morgan fingerprint density at radius 1 is 0.471 bits per heavy atom. The fraction of sp³-hybridized carbons (Fsp3) is 0.556. The fourth-order valence-electron chi connectivity index (χ4n) is 3.88. The number of quaternary nitrogens is 4. The van der Waals surface area contributed by atoms with E-state index < -0.39 is 17.3 Å². The maximum absolute atomic E-state index is 10.8. The Bertz CT molecular complexity index is 1040. The average molecular weight is 861 g/mol. The van der Waals surface area contributed by atoms with Crippen molar-refractivity contribution in [2.24, 2.45) is 0 Å². The summed E-state index contributed by atoms with van der Waals surface area (Å²) in [7, 11) is -18.7. The summed E-state index contributed by atoms with van der Waals surface area (Å²) in [5, 5.41) is 35.0. The van der Waals surface area contributed by atoms with Crippen molar-refractivity contribution in [2.75, 3.05) is 60.6 Å². The molecule has 51 heavy (non-hydrogen) atoms. The molecule has 3 heterocycles. The molecule has 0 aliphatic rings. The number of nitrogens with one attached hydrogen (secondary N) is 1. The summed E-state index contributed by atoms with van der Waals surface area (Å²) < 4.78 is 119. The van der Waals surface area contributed by atoms with Gasteiger partial charge in [-0.2, -0.15) is 0 Å². The second kappa shape index (κ2) is 23.9. The van der Waals surface area contributed by atoms with E-state index in [0.29, 0.717) is 0 Å². The molecule has 0 aliphatic carbocycles. The van der Waals surface area contributed by atoms with E-state index in [0.717, 1.165) is 41.0 Å². The normalized spacial score (nSPS) is 13.7. The van der Waals surface area contributed by atoms with Gasteiger partial charge in [-0.25, -0.2) is 0 Å². The van der Waals surface area contributed by atoms with Crippen molar-refractivity contribution in [2.45, 2.75) is 38.9 Å². The van der Waals surface area contributed by atoms with Crippen LogP contribution < -0.4 is 20.9 Å². The van der Waals surface area contributed by atoms with Gasteiger partial charge in [0.15, 0.2) is 0 Å². The molecule has 3 rings (SSSR count). The van der Waals surface area contributed by atoms with Gasteiger partial charge in [0.2, 0.25) is 0 Å². The summed E-state index contributed by atoms with van der Waals surface area (Å²) >= 11 is 5.62. The first-order valence-corrected chi connectivity index (χ1v) is 22.5. The van der Waals surface area contributed by atoms with E-state index in [2.05, 4.69) is 68.5 Å². The maximum Gasteiger partial charge on any atom is 0.111 e. The van der Waals surface area contributed by atoms with Crippen molar-refractivity contribution >= 4 is 51.3 Å². The van der Waals surface area contributed by atoms with Crippen LogP contribution in [0, 0.1) is 0 Å². The average Bonchev–Trinajstić information content (AvgIpc) is 3.81. The number of aliphatic hydroxyl groups excluding tert-OH is 3. The fourth-order valence-corrected chi connectivity index (χ4v) is 5.99. The van der Waals surface area contributed by atoms with Crippen LogP contribution in [0.1, 0.15) is 33.9 Å². The first kappa shape index (κ1) is 53.8. The topological polar surface area (TPSA) is 115 Å². The van der Waals surface area contributed by atoms with Crippen LogP contribution in [-0.4, -0.2) is 93.2 Å². The summed E-state index contributed by atoms with van der Waals surface area (Å²) in [6.45, 7) is 11.1. The Hall–Kier alpha value is -1.59. The number of halogens is 12. The van der Waals surface area contributed by atoms with E-state index in [1.807, 2.05) is 34.0 Å². The molecule has 0 bridgehead atoms. The van der Waals surface area contributed by atoms with Crippen LogP contribution in [0.25, 0.3) is 0 Å². The van der Waals surface area contributed by atoms with Crippen molar-refractivity contribution in [3.8, 4) is 0 Å². The molecule has 0 saturated carbocycles. The monoisotopic (exact) mass is 860 g/mol. The molecule has 7 nitrogen and oxygen atoms in total. The summed E-state index contributed by atoms with van der Waals surface area (Å²) in [6, 6.07) is 13.2. The Labute approximate surface area is 302 Å². The van der Waals surface area contributed by atoms with Crippen molar-refractivity contribution in [3.05, 3.63) is 67.2 Å². The molecule has 0 aromatic carbocycles. The minimum Gasteiger partial charge on any atom is -0.342 e. The van der Waals surface area contributed by atoms with Crippen LogP contribution >= 0.6 is 34.0 Å². The molecule has 10 N–H and O–H groups in total. The molecule has 0 fully saturated rings. The second-order valence-electron chi connectivity index (χ2n) is 10.3. The quantitative estimate of drug-likeness (QED) is 0.0460. The van der Waals surface area contributed by atoms with Gasteiger partial charge >= 0.3 is 66.6 Å². The minimum absolute atomic E-state index is 1.00. The first-order chi connectivity index (χ1) is 23.3. The molecule has 0 amide bonds. The van der Waals surface area contributed by atoms with Crippen LogP contribution in [0.2, 0.25) is 0 Å². The van der Waals surface area contributed by atoms with Crippen molar-refractivity contribution in [1.29, 1.82) is 0 Å². The summed E-state index contributed by atoms with van der Waals surface area (Å²) in [4.78, 5) is 6.28. The minimum atomic E-state index is -10.8. The van der Waals surface area contributed by atoms with Gasteiger partial charge in [0.05, 0.1) is 53.9 Å². The van der Waals surface area contributed by atoms with Gasteiger partial charge in [-0.3, -0.25) is 0 Å². The molecule has 0 spiro atoms. The second-order valence-corrected chi connectivity index (χ2v) is 17.7. The van der Waals surface area contributed by atoms with E-state index in [1.165, 1.54) is 73.2 Å². The van der Waals surface area contributed by atoms with Crippen LogP contribution in [0.15, 0.2) is 52.5 Å². The predicted molar refractivity (Wildman–Crippen MR) is 183 cm³/mol.